The molecule has 1 rings (SSSR count). The van der Waals surface area contributed by atoms with Gasteiger partial charge in [-0.25, -0.2) is 0 Å². The molecule has 0 amide bonds. The van der Waals surface area contributed by atoms with Crippen molar-refractivity contribution in [1.29, 1.82) is 0 Å². The highest BCUT2D eigenvalue weighted by molar-refractivity contribution is 4.77. The summed E-state index contributed by atoms with van der Waals surface area (Å²) in [5.41, 5.74) is 5.93. The fourth-order valence-corrected chi connectivity index (χ4v) is 2.47. The van der Waals surface area contributed by atoms with E-state index in [1.807, 2.05) is 0 Å². The van der Waals surface area contributed by atoms with Gasteiger partial charge in [-0.3, -0.25) is 4.90 Å². The third-order valence-electron chi connectivity index (χ3n) is 3.70. The lowest BCUT2D eigenvalue weighted by Gasteiger charge is -2.33. The standard InChI is InChI=1S/C13H28N2O/c1-11(2)15(8-9-16-3)10-12-4-6-13(14)7-5-12/h11-13H,4-10,14H2,1-3H3. The Hall–Kier alpha value is -0.120. The quantitative estimate of drug-likeness (QED) is 0.754. The predicted octanol–water partition coefficient (Wildman–Crippen LogP) is 1.86. The second-order valence-electron chi connectivity index (χ2n) is 5.36. The number of nitrogens with zero attached hydrogens (tertiary/aromatic N) is 1. The molecule has 3 heteroatoms. The molecule has 96 valence electrons. The Balaban J connectivity index is 2.30. The Kier molecular flexibility index (Phi) is 6.32. The molecule has 0 aromatic heterocycles. The fourth-order valence-electron chi connectivity index (χ4n) is 2.47. The molecule has 1 aliphatic rings. The maximum absolute atomic E-state index is 5.93. The normalized spacial score (nSPS) is 26.6. The van der Waals surface area contributed by atoms with Crippen molar-refractivity contribution >= 4 is 0 Å². The number of methoxy groups -OCH3 is 1. The molecule has 1 saturated carbocycles. The molecule has 0 aromatic rings. The monoisotopic (exact) mass is 228 g/mol. The van der Waals surface area contributed by atoms with Gasteiger partial charge in [-0.2, -0.15) is 0 Å². The fraction of sp³-hybridized carbons (Fsp3) is 1.00. The van der Waals surface area contributed by atoms with Crippen LogP contribution in [-0.2, 0) is 4.74 Å². The van der Waals surface area contributed by atoms with Gasteiger partial charge in [0, 0.05) is 32.3 Å². The van der Waals surface area contributed by atoms with Gasteiger partial charge >= 0.3 is 0 Å². The van der Waals surface area contributed by atoms with Gasteiger partial charge in [0.15, 0.2) is 0 Å². The Morgan fingerprint density at radius 1 is 1.25 bits per heavy atom. The van der Waals surface area contributed by atoms with Crippen LogP contribution in [0.5, 0.6) is 0 Å². The number of rotatable bonds is 6. The molecule has 0 bridgehead atoms. The van der Waals surface area contributed by atoms with Gasteiger partial charge in [0.25, 0.3) is 0 Å². The van der Waals surface area contributed by atoms with Crippen molar-refractivity contribution in [3.8, 4) is 0 Å². The molecule has 0 aromatic carbocycles. The van der Waals surface area contributed by atoms with Crippen molar-refractivity contribution in [2.24, 2.45) is 11.7 Å². The van der Waals surface area contributed by atoms with Gasteiger partial charge in [-0.05, 0) is 45.4 Å². The first-order valence-corrected chi connectivity index (χ1v) is 6.62. The van der Waals surface area contributed by atoms with Gasteiger partial charge in [0.05, 0.1) is 6.61 Å². The van der Waals surface area contributed by atoms with Gasteiger partial charge < -0.3 is 10.5 Å². The molecule has 0 heterocycles. The van der Waals surface area contributed by atoms with Crippen molar-refractivity contribution in [1.82, 2.24) is 4.90 Å². The molecule has 0 atom stereocenters. The molecule has 1 fully saturated rings. The number of hydrogen-bond donors (Lipinski definition) is 1. The summed E-state index contributed by atoms with van der Waals surface area (Å²) in [7, 11) is 1.78. The maximum atomic E-state index is 5.93. The Labute approximate surface area is 100 Å². The van der Waals surface area contributed by atoms with Crippen LogP contribution < -0.4 is 5.73 Å². The van der Waals surface area contributed by atoms with E-state index in [1.54, 1.807) is 7.11 Å². The molecule has 0 unspecified atom stereocenters. The molecule has 16 heavy (non-hydrogen) atoms. The Morgan fingerprint density at radius 2 is 1.88 bits per heavy atom. The largest absolute Gasteiger partial charge is 0.383 e. The van der Waals surface area contributed by atoms with E-state index in [0.717, 1.165) is 19.1 Å². The van der Waals surface area contributed by atoms with E-state index >= 15 is 0 Å². The molecular weight excluding hydrogens is 200 g/mol. The van der Waals surface area contributed by atoms with Crippen molar-refractivity contribution < 1.29 is 4.74 Å². The number of nitrogens with two attached hydrogens (primary N) is 1. The summed E-state index contributed by atoms with van der Waals surface area (Å²) in [4.78, 5) is 2.53. The summed E-state index contributed by atoms with van der Waals surface area (Å²) >= 11 is 0. The Morgan fingerprint density at radius 3 is 2.38 bits per heavy atom. The summed E-state index contributed by atoms with van der Waals surface area (Å²) in [5.74, 6) is 0.846. The van der Waals surface area contributed by atoms with Crippen molar-refractivity contribution in [2.75, 3.05) is 26.8 Å². The second kappa shape index (κ2) is 7.25. The van der Waals surface area contributed by atoms with Crippen LogP contribution in [0.4, 0.5) is 0 Å². The van der Waals surface area contributed by atoms with Crippen LogP contribution >= 0.6 is 0 Å². The van der Waals surface area contributed by atoms with Crippen LogP contribution in [0.3, 0.4) is 0 Å². The van der Waals surface area contributed by atoms with Crippen LogP contribution in [0.2, 0.25) is 0 Å². The topological polar surface area (TPSA) is 38.5 Å². The summed E-state index contributed by atoms with van der Waals surface area (Å²) < 4.78 is 5.17. The van der Waals surface area contributed by atoms with Crippen molar-refractivity contribution in [2.45, 2.75) is 51.6 Å². The minimum Gasteiger partial charge on any atom is -0.383 e. The van der Waals surface area contributed by atoms with Crippen molar-refractivity contribution in [3.63, 3.8) is 0 Å². The first-order valence-electron chi connectivity index (χ1n) is 6.62. The molecular formula is C13H28N2O. The molecule has 3 nitrogen and oxygen atoms in total. The molecule has 0 saturated heterocycles. The first-order chi connectivity index (χ1) is 7.63. The lowest BCUT2D eigenvalue weighted by Crippen LogP contribution is -2.39. The Bertz CT molecular complexity index is 177. The highest BCUT2D eigenvalue weighted by Crippen LogP contribution is 2.24. The van der Waals surface area contributed by atoms with Crippen LogP contribution in [0.15, 0.2) is 0 Å². The molecule has 1 aliphatic carbocycles. The highest BCUT2D eigenvalue weighted by atomic mass is 16.5. The van der Waals surface area contributed by atoms with Gasteiger partial charge in [0.2, 0.25) is 0 Å². The summed E-state index contributed by atoms with van der Waals surface area (Å²) in [6.45, 7) is 7.64. The van der Waals surface area contributed by atoms with Gasteiger partial charge in [-0.1, -0.05) is 0 Å². The molecule has 0 spiro atoms. The van der Waals surface area contributed by atoms with Gasteiger partial charge in [0.1, 0.15) is 0 Å². The van der Waals surface area contributed by atoms with E-state index in [4.69, 9.17) is 10.5 Å². The number of ether oxygens (including phenoxy) is 1. The third kappa shape index (κ3) is 4.81. The minimum atomic E-state index is 0.461. The highest BCUT2D eigenvalue weighted by Gasteiger charge is 2.21. The zero-order valence-electron chi connectivity index (χ0n) is 11.1. The SMILES string of the molecule is COCCN(CC1CCC(N)CC1)C(C)C. The predicted molar refractivity (Wildman–Crippen MR) is 68.5 cm³/mol. The molecule has 0 aliphatic heterocycles. The van der Waals surface area contributed by atoms with Crippen molar-refractivity contribution in [3.05, 3.63) is 0 Å². The van der Waals surface area contributed by atoms with E-state index in [-0.39, 0.29) is 0 Å². The average molecular weight is 228 g/mol. The van der Waals surface area contributed by atoms with E-state index in [9.17, 15) is 0 Å². The summed E-state index contributed by atoms with van der Waals surface area (Å²) in [6.07, 6.45) is 5.02. The van der Waals surface area contributed by atoms with E-state index < -0.39 is 0 Å². The van der Waals surface area contributed by atoms with Crippen LogP contribution in [0, 0.1) is 5.92 Å². The van der Waals surface area contributed by atoms with E-state index in [2.05, 4.69) is 18.7 Å². The smallest absolute Gasteiger partial charge is 0.0589 e. The zero-order chi connectivity index (χ0) is 12.0. The number of hydrogen-bond acceptors (Lipinski definition) is 3. The average Bonchev–Trinajstić information content (AvgIpc) is 2.26. The lowest BCUT2D eigenvalue weighted by atomic mass is 9.86. The van der Waals surface area contributed by atoms with Crippen LogP contribution in [-0.4, -0.2) is 43.8 Å². The van der Waals surface area contributed by atoms with E-state index in [0.29, 0.717) is 12.1 Å². The maximum Gasteiger partial charge on any atom is 0.0589 e. The van der Waals surface area contributed by atoms with Crippen LogP contribution in [0.1, 0.15) is 39.5 Å². The minimum absolute atomic E-state index is 0.461. The summed E-state index contributed by atoms with van der Waals surface area (Å²) in [6, 6.07) is 1.08. The second-order valence-corrected chi connectivity index (χ2v) is 5.36. The molecule has 0 radical (unpaired) electrons. The third-order valence-corrected chi connectivity index (χ3v) is 3.70. The van der Waals surface area contributed by atoms with Crippen LogP contribution in [0.25, 0.3) is 0 Å². The molecule has 2 N–H and O–H groups in total. The first kappa shape index (κ1) is 13.9. The summed E-state index contributed by atoms with van der Waals surface area (Å²) in [5, 5.41) is 0. The zero-order valence-corrected chi connectivity index (χ0v) is 11.1. The lowest BCUT2D eigenvalue weighted by molar-refractivity contribution is 0.107. The van der Waals surface area contributed by atoms with E-state index in [1.165, 1.54) is 32.2 Å². The van der Waals surface area contributed by atoms with Gasteiger partial charge in [-0.15, -0.1) is 0 Å².